The van der Waals surface area contributed by atoms with Crippen molar-refractivity contribution in [2.45, 2.75) is 45.4 Å². The van der Waals surface area contributed by atoms with Crippen LogP contribution in [-0.2, 0) is 4.74 Å². The monoisotopic (exact) mass is 187 g/mol. The van der Waals surface area contributed by atoms with Crippen LogP contribution in [0.1, 0.15) is 27.2 Å². The number of ether oxygens (including phenoxy) is 1. The largest absolute Gasteiger partial charge is 0.392 e. The van der Waals surface area contributed by atoms with Crippen LogP contribution in [0.15, 0.2) is 0 Å². The number of aliphatic hydroxyl groups excluding tert-OH is 1. The molecule has 0 spiro atoms. The number of hydrogen-bond donors (Lipinski definition) is 1. The zero-order chi connectivity index (χ0) is 9.84. The van der Waals surface area contributed by atoms with Crippen molar-refractivity contribution in [2.24, 2.45) is 0 Å². The minimum absolute atomic E-state index is 0.237. The zero-order valence-corrected chi connectivity index (χ0v) is 8.86. The quantitative estimate of drug-likeness (QED) is 0.711. The van der Waals surface area contributed by atoms with Crippen LogP contribution in [-0.4, -0.2) is 48.0 Å². The van der Waals surface area contributed by atoms with E-state index in [2.05, 4.69) is 18.7 Å². The maximum Gasteiger partial charge on any atom is 0.0674 e. The molecule has 0 bridgehead atoms. The third kappa shape index (κ3) is 3.25. The lowest BCUT2D eigenvalue weighted by atomic mass is 10.1. The molecule has 1 fully saturated rings. The molecule has 1 N–H and O–H groups in total. The van der Waals surface area contributed by atoms with Crippen molar-refractivity contribution in [3.8, 4) is 0 Å². The molecular weight excluding hydrogens is 166 g/mol. The van der Waals surface area contributed by atoms with Gasteiger partial charge in [-0.1, -0.05) is 6.92 Å². The maximum atomic E-state index is 9.32. The van der Waals surface area contributed by atoms with Gasteiger partial charge in [0.15, 0.2) is 0 Å². The second-order valence-corrected chi connectivity index (χ2v) is 4.01. The number of nitrogens with zero attached hydrogens (tertiary/aromatic N) is 1. The van der Waals surface area contributed by atoms with Crippen LogP contribution < -0.4 is 0 Å². The molecule has 0 aromatic rings. The Labute approximate surface area is 80.7 Å². The smallest absolute Gasteiger partial charge is 0.0674 e. The Bertz CT molecular complexity index is 148. The predicted octanol–water partition coefficient (Wildman–Crippen LogP) is 0.867. The van der Waals surface area contributed by atoms with E-state index in [0.29, 0.717) is 12.1 Å². The fraction of sp³-hybridized carbons (Fsp3) is 1.00. The summed E-state index contributed by atoms with van der Waals surface area (Å²) in [5.41, 5.74) is 0. The van der Waals surface area contributed by atoms with Gasteiger partial charge in [-0.15, -0.1) is 0 Å². The van der Waals surface area contributed by atoms with E-state index in [1.165, 1.54) is 0 Å². The maximum absolute atomic E-state index is 9.32. The molecule has 0 aromatic heterocycles. The molecule has 3 nitrogen and oxygen atoms in total. The van der Waals surface area contributed by atoms with Crippen molar-refractivity contribution >= 4 is 0 Å². The topological polar surface area (TPSA) is 32.7 Å². The second-order valence-electron chi connectivity index (χ2n) is 4.01. The molecule has 0 radical (unpaired) electrons. The summed E-state index contributed by atoms with van der Waals surface area (Å²) in [5.74, 6) is 0. The van der Waals surface area contributed by atoms with Crippen LogP contribution in [0.3, 0.4) is 0 Å². The Hall–Kier alpha value is -0.120. The molecule has 1 saturated heterocycles. The average molecular weight is 187 g/mol. The summed E-state index contributed by atoms with van der Waals surface area (Å²) in [4.78, 5) is 2.33. The van der Waals surface area contributed by atoms with Gasteiger partial charge in [-0.25, -0.2) is 0 Å². The van der Waals surface area contributed by atoms with Crippen LogP contribution in [0.5, 0.6) is 0 Å². The first-order valence-corrected chi connectivity index (χ1v) is 5.17. The van der Waals surface area contributed by atoms with Crippen molar-refractivity contribution in [1.82, 2.24) is 4.90 Å². The average Bonchev–Trinajstić information content (AvgIpc) is 2.03. The fourth-order valence-electron chi connectivity index (χ4n) is 1.85. The third-order valence-corrected chi connectivity index (χ3v) is 2.55. The highest BCUT2D eigenvalue weighted by atomic mass is 16.5. The van der Waals surface area contributed by atoms with Crippen molar-refractivity contribution in [3.05, 3.63) is 0 Å². The van der Waals surface area contributed by atoms with E-state index in [1.54, 1.807) is 0 Å². The summed E-state index contributed by atoms with van der Waals surface area (Å²) in [6, 6.07) is 0.491. The van der Waals surface area contributed by atoms with E-state index in [-0.39, 0.29) is 6.10 Å². The molecule has 1 rings (SSSR count). The highest BCUT2D eigenvalue weighted by Gasteiger charge is 2.25. The van der Waals surface area contributed by atoms with Gasteiger partial charge in [0.05, 0.1) is 18.8 Å². The number of rotatable bonds is 3. The molecule has 1 aliphatic heterocycles. The minimum atomic E-state index is -0.237. The second kappa shape index (κ2) is 4.94. The minimum Gasteiger partial charge on any atom is -0.392 e. The molecule has 0 aliphatic carbocycles. The van der Waals surface area contributed by atoms with E-state index >= 15 is 0 Å². The van der Waals surface area contributed by atoms with E-state index < -0.39 is 0 Å². The molecule has 0 amide bonds. The van der Waals surface area contributed by atoms with E-state index in [0.717, 1.165) is 26.1 Å². The SMILES string of the molecule is CCC1COC(C)CN1C[C@@H](C)O. The Morgan fingerprint density at radius 1 is 1.62 bits per heavy atom. The number of hydrogen-bond acceptors (Lipinski definition) is 3. The Morgan fingerprint density at radius 3 is 2.85 bits per heavy atom. The summed E-state index contributed by atoms with van der Waals surface area (Å²) in [7, 11) is 0. The van der Waals surface area contributed by atoms with Crippen LogP contribution in [0.2, 0.25) is 0 Å². The number of aliphatic hydroxyl groups is 1. The van der Waals surface area contributed by atoms with Crippen molar-refractivity contribution in [1.29, 1.82) is 0 Å². The summed E-state index contributed by atoms with van der Waals surface area (Å²) in [6.45, 7) is 8.62. The van der Waals surface area contributed by atoms with E-state index in [4.69, 9.17) is 4.74 Å². The number of β-amino-alcohol motifs (C(OH)–C–C–N with tert-alkyl or cyclic N) is 1. The van der Waals surface area contributed by atoms with E-state index in [1.807, 2.05) is 6.92 Å². The Kier molecular flexibility index (Phi) is 4.16. The first-order valence-electron chi connectivity index (χ1n) is 5.17. The first kappa shape index (κ1) is 11.0. The first-order chi connectivity index (χ1) is 6.13. The van der Waals surface area contributed by atoms with Crippen LogP contribution in [0, 0.1) is 0 Å². The molecule has 0 aromatic carbocycles. The zero-order valence-electron chi connectivity index (χ0n) is 8.86. The highest BCUT2D eigenvalue weighted by molar-refractivity contribution is 4.78. The molecule has 1 heterocycles. The van der Waals surface area contributed by atoms with Crippen molar-refractivity contribution in [2.75, 3.05) is 19.7 Å². The summed E-state index contributed by atoms with van der Waals surface area (Å²) < 4.78 is 5.57. The molecule has 0 saturated carbocycles. The van der Waals surface area contributed by atoms with Gasteiger partial charge in [-0.3, -0.25) is 4.90 Å². The van der Waals surface area contributed by atoms with Crippen LogP contribution >= 0.6 is 0 Å². The van der Waals surface area contributed by atoms with Gasteiger partial charge in [0.25, 0.3) is 0 Å². The summed E-state index contributed by atoms with van der Waals surface area (Å²) in [6.07, 6.45) is 1.17. The van der Waals surface area contributed by atoms with Gasteiger partial charge < -0.3 is 9.84 Å². The third-order valence-electron chi connectivity index (χ3n) is 2.55. The molecule has 2 unspecified atom stereocenters. The van der Waals surface area contributed by atoms with Gasteiger partial charge in [-0.2, -0.15) is 0 Å². The van der Waals surface area contributed by atoms with Crippen LogP contribution in [0.4, 0.5) is 0 Å². The highest BCUT2D eigenvalue weighted by Crippen LogP contribution is 2.14. The summed E-state index contributed by atoms with van der Waals surface area (Å²) >= 11 is 0. The van der Waals surface area contributed by atoms with Gasteiger partial charge >= 0.3 is 0 Å². The van der Waals surface area contributed by atoms with Gasteiger partial charge in [-0.05, 0) is 20.3 Å². The normalized spacial score (nSPS) is 33.2. The number of morpholine rings is 1. The van der Waals surface area contributed by atoms with Crippen LogP contribution in [0.25, 0.3) is 0 Å². The fourth-order valence-corrected chi connectivity index (χ4v) is 1.85. The van der Waals surface area contributed by atoms with Gasteiger partial charge in [0, 0.05) is 19.1 Å². The lowest BCUT2D eigenvalue weighted by Gasteiger charge is -2.38. The molecule has 13 heavy (non-hydrogen) atoms. The van der Waals surface area contributed by atoms with Crippen molar-refractivity contribution in [3.63, 3.8) is 0 Å². The molecule has 1 aliphatic rings. The Morgan fingerprint density at radius 2 is 2.31 bits per heavy atom. The lowest BCUT2D eigenvalue weighted by Crippen LogP contribution is -2.50. The predicted molar refractivity (Wildman–Crippen MR) is 52.7 cm³/mol. The molecule has 78 valence electrons. The van der Waals surface area contributed by atoms with Crippen molar-refractivity contribution < 1.29 is 9.84 Å². The van der Waals surface area contributed by atoms with Gasteiger partial charge in [0.2, 0.25) is 0 Å². The molecular formula is C10H21NO2. The van der Waals surface area contributed by atoms with Gasteiger partial charge in [0.1, 0.15) is 0 Å². The molecule has 3 atom stereocenters. The molecule has 3 heteroatoms. The lowest BCUT2D eigenvalue weighted by molar-refractivity contribution is -0.0661. The van der Waals surface area contributed by atoms with E-state index in [9.17, 15) is 5.11 Å². The Balaban J connectivity index is 2.44. The standard InChI is InChI=1S/C10H21NO2/c1-4-10-7-13-9(3)6-11(10)5-8(2)12/h8-10,12H,4-7H2,1-3H3/t8-,9?,10?/m1/s1. The summed E-state index contributed by atoms with van der Waals surface area (Å²) in [5, 5.41) is 9.32.